The maximum absolute atomic E-state index is 12.8. The Hall–Kier alpha value is -3.95. The van der Waals surface area contributed by atoms with Gasteiger partial charge in [0.2, 0.25) is 11.8 Å². The molecule has 3 amide bonds. The van der Waals surface area contributed by atoms with E-state index in [0.29, 0.717) is 0 Å². The van der Waals surface area contributed by atoms with E-state index in [0.717, 1.165) is 5.56 Å². The molecule has 0 unspecified atom stereocenters. The Labute approximate surface area is 185 Å². The van der Waals surface area contributed by atoms with Gasteiger partial charge >= 0.3 is 6.09 Å². The SMILES string of the molecule is CC(C)[C@H](NC(=O)OCc1ccccc1)C(=O)N[C@H](Cc1ccccc1[N+](=O)[O-])C(N)=O. The highest BCUT2D eigenvalue weighted by atomic mass is 16.6. The molecular formula is C22H26N4O6. The Bertz CT molecular complexity index is 964. The summed E-state index contributed by atoms with van der Waals surface area (Å²) >= 11 is 0. The zero-order valence-electron chi connectivity index (χ0n) is 17.8. The molecule has 0 fully saturated rings. The van der Waals surface area contributed by atoms with Gasteiger partial charge in [0, 0.05) is 18.1 Å². The number of ether oxygens (including phenoxy) is 1. The van der Waals surface area contributed by atoms with Crippen LogP contribution in [0.1, 0.15) is 25.0 Å². The van der Waals surface area contributed by atoms with Gasteiger partial charge in [0.1, 0.15) is 18.7 Å². The van der Waals surface area contributed by atoms with Crippen molar-refractivity contribution in [3.63, 3.8) is 0 Å². The van der Waals surface area contributed by atoms with Crippen LogP contribution in [-0.2, 0) is 27.4 Å². The van der Waals surface area contributed by atoms with Crippen molar-refractivity contribution < 1.29 is 24.0 Å². The van der Waals surface area contributed by atoms with E-state index in [1.54, 1.807) is 32.0 Å². The van der Waals surface area contributed by atoms with Crippen molar-refractivity contribution in [1.82, 2.24) is 10.6 Å². The lowest BCUT2D eigenvalue weighted by Crippen LogP contribution is -2.55. The zero-order chi connectivity index (χ0) is 23.7. The van der Waals surface area contributed by atoms with Gasteiger partial charge in [-0.2, -0.15) is 0 Å². The van der Waals surface area contributed by atoms with Gasteiger partial charge in [0.25, 0.3) is 5.69 Å². The van der Waals surface area contributed by atoms with Crippen molar-refractivity contribution in [1.29, 1.82) is 0 Å². The van der Waals surface area contributed by atoms with Crippen LogP contribution < -0.4 is 16.4 Å². The maximum Gasteiger partial charge on any atom is 0.408 e. The van der Waals surface area contributed by atoms with E-state index in [9.17, 15) is 24.5 Å². The Morgan fingerprint density at radius 2 is 1.66 bits per heavy atom. The molecule has 4 N–H and O–H groups in total. The molecule has 0 aliphatic rings. The Morgan fingerprint density at radius 1 is 1.03 bits per heavy atom. The standard InChI is InChI=1S/C22H26N4O6/c1-14(2)19(25-22(29)32-13-15-8-4-3-5-9-15)21(28)24-17(20(23)27)12-16-10-6-7-11-18(16)26(30)31/h3-11,14,17,19H,12-13H2,1-2H3,(H2,23,27)(H,24,28)(H,25,29)/t17-,19+/m1/s1. The highest BCUT2D eigenvalue weighted by Gasteiger charge is 2.29. The first-order chi connectivity index (χ1) is 15.2. The fourth-order valence-electron chi connectivity index (χ4n) is 2.99. The molecule has 0 aromatic heterocycles. The summed E-state index contributed by atoms with van der Waals surface area (Å²) in [6.07, 6.45) is -0.960. The second kappa shape index (κ2) is 11.4. The predicted octanol–water partition coefficient (Wildman–Crippen LogP) is 2.06. The van der Waals surface area contributed by atoms with Gasteiger partial charge in [0.05, 0.1) is 4.92 Å². The maximum atomic E-state index is 12.8. The van der Waals surface area contributed by atoms with E-state index in [-0.39, 0.29) is 30.2 Å². The highest BCUT2D eigenvalue weighted by Crippen LogP contribution is 2.19. The number of nitrogens with two attached hydrogens (primary N) is 1. The average molecular weight is 442 g/mol. The van der Waals surface area contributed by atoms with Gasteiger partial charge < -0.3 is 21.1 Å². The minimum Gasteiger partial charge on any atom is -0.445 e. The van der Waals surface area contributed by atoms with Crippen LogP contribution in [0.4, 0.5) is 10.5 Å². The fourth-order valence-corrected chi connectivity index (χ4v) is 2.99. The molecule has 10 nitrogen and oxygen atoms in total. The van der Waals surface area contributed by atoms with Crippen molar-refractivity contribution in [3.05, 3.63) is 75.8 Å². The van der Waals surface area contributed by atoms with Crippen LogP contribution in [0, 0.1) is 16.0 Å². The van der Waals surface area contributed by atoms with E-state index >= 15 is 0 Å². The monoisotopic (exact) mass is 442 g/mol. The van der Waals surface area contributed by atoms with Gasteiger partial charge in [-0.1, -0.05) is 62.4 Å². The quantitative estimate of drug-likeness (QED) is 0.378. The average Bonchev–Trinajstić information content (AvgIpc) is 2.76. The summed E-state index contributed by atoms with van der Waals surface area (Å²) < 4.78 is 5.15. The topological polar surface area (TPSA) is 154 Å². The summed E-state index contributed by atoms with van der Waals surface area (Å²) in [4.78, 5) is 47.5. The summed E-state index contributed by atoms with van der Waals surface area (Å²) in [7, 11) is 0. The molecule has 32 heavy (non-hydrogen) atoms. The molecule has 2 aromatic rings. The fraction of sp³-hybridized carbons (Fsp3) is 0.318. The van der Waals surface area contributed by atoms with E-state index in [4.69, 9.17) is 10.5 Å². The van der Waals surface area contributed by atoms with Crippen LogP contribution in [0.15, 0.2) is 54.6 Å². The molecule has 0 spiro atoms. The number of nitrogens with zero attached hydrogens (tertiary/aromatic N) is 1. The van der Waals surface area contributed by atoms with E-state index in [2.05, 4.69) is 10.6 Å². The number of hydrogen-bond donors (Lipinski definition) is 3. The Kier molecular flexibility index (Phi) is 8.70. The third kappa shape index (κ3) is 7.08. The summed E-state index contributed by atoms with van der Waals surface area (Å²) in [5.41, 5.74) is 6.26. The summed E-state index contributed by atoms with van der Waals surface area (Å²) in [5, 5.41) is 16.2. The molecule has 2 rings (SSSR count). The van der Waals surface area contributed by atoms with Gasteiger partial charge in [-0.25, -0.2) is 4.79 Å². The van der Waals surface area contributed by atoms with Crippen molar-refractivity contribution in [2.45, 2.75) is 39.0 Å². The zero-order valence-corrected chi connectivity index (χ0v) is 17.8. The van der Waals surface area contributed by atoms with Gasteiger partial charge in [-0.05, 0) is 11.5 Å². The largest absolute Gasteiger partial charge is 0.445 e. The van der Waals surface area contributed by atoms with Crippen molar-refractivity contribution in [2.75, 3.05) is 0 Å². The molecule has 2 aromatic carbocycles. The number of nitro groups is 1. The first-order valence-corrected chi connectivity index (χ1v) is 9.98. The number of nitro benzene ring substituents is 1. The summed E-state index contributed by atoms with van der Waals surface area (Å²) in [6.45, 7) is 3.45. The molecule has 0 saturated carbocycles. The lowest BCUT2D eigenvalue weighted by atomic mass is 10.0. The second-order valence-corrected chi connectivity index (χ2v) is 7.48. The van der Waals surface area contributed by atoms with Gasteiger partial charge in [-0.3, -0.25) is 19.7 Å². The first kappa shape index (κ1) is 24.3. The molecule has 170 valence electrons. The van der Waals surface area contributed by atoms with Crippen LogP contribution in [0.3, 0.4) is 0 Å². The smallest absolute Gasteiger partial charge is 0.408 e. The first-order valence-electron chi connectivity index (χ1n) is 9.98. The predicted molar refractivity (Wildman–Crippen MR) is 116 cm³/mol. The van der Waals surface area contributed by atoms with Crippen LogP contribution in [0.5, 0.6) is 0 Å². The third-order valence-electron chi connectivity index (χ3n) is 4.71. The van der Waals surface area contributed by atoms with Crippen molar-refractivity contribution in [3.8, 4) is 0 Å². The minimum absolute atomic E-state index is 0.0285. The number of alkyl carbamates (subject to hydrolysis) is 1. The number of para-hydroxylation sites is 1. The number of primary amides is 1. The van der Waals surface area contributed by atoms with Crippen LogP contribution in [-0.4, -0.2) is 34.9 Å². The number of nitrogens with one attached hydrogen (secondary N) is 2. The van der Waals surface area contributed by atoms with Gasteiger partial charge in [-0.15, -0.1) is 0 Å². The summed E-state index contributed by atoms with van der Waals surface area (Å²) in [6, 6.07) is 12.7. The van der Waals surface area contributed by atoms with Crippen LogP contribution in [0.2, 0.25) is 0 Å². The lowest BCUT2D eigenvalue weighted by molar-refractivity contribution is -0.385. The van der Waals surface area contributed by atoms with Crippen LogP contribution in [0.25, 0.3) is 0 Å². The molecular weight excluding hydrogens is 416 g/mol. The van der Waals surface area contributed by atoms with Crippen molar-refractivity contribution in [2.24, 2.45) is 11.7 Å². The normalized spacial score (nSPS) is 12.5. The molecule has 10 heteroatoms. The molecule has 0 aliphatic heterocycles. The highest BCUT2D eigenvalue weighted by molar-refractivity contribution is 5.91. The van der Waals surface area contributed by atoms with Gasteiger partial charge in [0.15, 0.2) is 0 Å². The minimum atomic E-state index is -1.20. The molecule has 0 aliphatic carbocycles. The van der Waals surface area contributed by atoms with E-state index in [1.807, 2.05) is 18.2 Å². The molecule has 0 radical (unpaired) electrons. The molecule has 2 atom stereocenters. The van der Waals surface area contributed by atoms with E-state index in [1.165, 1.54) is 18.2 Å². The summed E-state index contributed by atoms with van der Waals surface area (Å²) in [5.74, 6) is -1.84. The lowest BCUT2D eigenvalue weighted by Gasteiger charge is -2.24. The number of carbonyl (C=O) groups excluding carboxylic acids is 3. The van der Waals surface area contributed by atoms with Crippen molar-refractivity contribution >= 4 is 23.6 Å². The molecule has 0 saturated heterocycles. The number of benzene rings is 2. The Morgan fingerprint density at radius 3 is 2.25 bits per heavy atom. The number of amides is 3. The third-order valence-corrected chi connectivity index (χ3v) is 4.71. The molecule has 0 heterocycles. The number of hydrogen-bond acceptors (Lipinski definition) is 6. The van der Waals surface area contributed by atoms with E-state index < -0.39 is 34.9 Å². The van der Waals surface area contributed by atoms with Crippen LogP contribution >= 0.6 is 0 Å². The molecule has 0 bridgehead atoms. The number of carbonyl (C=O) groups is 3. The Balaban J connectivity index is 2.05. The second-order valence-electron chi connectivity index (χ2n) is 7.48. The number of rotatable bonds is 10.